The van der Waals surface area contributed by atoms with Crippen LogP contribution in [0.4, 0.5) is 0 Å². The lowest BCUT2D eigenvalue weighted by molar-refractivity contribution is 0.0916. The predicted molar refractivity (Wildman–Crippen MR) is 31.0 cm³/mol. The fourth-order valence-electron chi connectivity index (χ4n) is 0.235. The molecule has 0 heterocycles. The zero-order valence-electron chi connectivity index (χ0n) is 5.22. The van der Waals surface area contributed by atoms with Crippen LogP contribution in [0.2, 0.25) is 0 Å². The van der Waals surface area contributed by atoms with Gasteiger partial charge in [-0.05, 0) is 6.58 Å². The van der Waals surface area contributed by atoms with E-state index in [1.165, 1.54) is 12.0 Å². The molecule has 0 aromatic heterocycles. The summed E-state index contributed by atoms with van der Waals surface area (Å²) in [6.07, 6.45) is 0. The summed E-state index contributed by atoms with van der Waals surface area (Å²) in [5.74, 6) is 0.465. The molecule has 0 aromatic carbocycles. The third-order valence-corrected chi connectivity index (χ3v) is 0.874. The summed E-state index contributed by atoms with van der Waals surface area (Å²) in [7, 11) is 3.19. The van der Waals surface area contributed by atoms with Crippen LogP contribution in [0.1, 0.15) is 0 Å². The van der Waals surface area contributed by atoms with E-state index in [1.807, 2.05) is 0 Å². The molecule has 0 radical (unpaired) electrons. The molecule has 0 spiro atoms. The number of aliphatic hydroxyl groups is 1. The minimum Gasteiger partial charge on any atom is -0.483 e. The number of aliphatic hydroxyl groups excluding tert-OH is 1. The van der Waals surface area contributed by atoms with Gasteiger partial charge in [-0.1, -0.05) is 0 Å². The van der Waals surface area contributed by atoms with Crippen molar-refractivity contribution in [1.29, 1.82) is 0 Å². The smallest absolute Gasteiger partial charge is 0.183 e. The third-order valence-electron chi connectivity index (χ3n) is 0.874. The number of ether oxygens (including phenoxy) is 1. The summed E-state index contributed by atoms with van der Waals surface area (Å²) < 4.78 is 4.67. The van der Waals surface area contributed by atoms with E-state index in [4.69, 9.17) is 5.11 Å². The summed E-state index contributed by atoms with van der Waals surface area (Å²) >= 11 is 0. The second kappa shape index (κ2) is 3.32. The van der Waals surface area contributed by atoms with E-state index in [0.29, 0.717) is 5.88 Å². The van der Waals surface area contributed by atoms with Crippen molar-refractivity contribution >= 4 is 0 Å². The highest BCUT2D eigenvalue weighted by atomic mass is 16.5. The molecule has 0 rings (SSSR count). The molecule has 0 aromatic rings. The van der Waals surface area contributed by atoms with Crippen molar-refractivity contribution in [3.8, 4) is 0 Å². The highest BCUT2D eigenvalue weighted by Crippen LogP contribution is 1.93. The highest BCUT2D eigenvalue weighted by molar-refractivity contribution is 4.77. The number of rotatable bonds is 3. The minimum absolute atomic E-state index is 0.0628. The molecule has 0 amide bonds. The normalized spacial score (nSPS) is 8.38. The first-order valence-corrected chi connectivity index (χ1v) is 2.27. The van der Waals surface area contributed by atoms with Crippen LogP contribution in [0, 0.1) is 0 Å². The molecule has 0 saturated carbocycles. The standard InChI is InChI=1S/C5H11NO2/c1-5(8-3)6(2)4-7/h7H,1,4H2,2-3H3. The lowest BCUT2D eigenvalue weighted by atomic mass is 10.7. The van der Waals surface area contributed by atoms with Crippen LogP contribution >= 0.6 is 0 Å². The number of hydrogen-bond acceptors (Lipinski definition) is 3. The molecule has 0 aliphatic carbocycles. The van der Waals surface area contributed by atoms with Crippen molar-refractivity contribution in [2.75, 3.05) is 20.9 Å². The van der Waals surface area contributed by atoms with E-state index in [0.717, 1.165) is 0 Å². The molecular weight excluding hydrogens is 106 g/mol. The molecule has 0 aliphatic rings. The molecule has 0 fully saturated rings. The number of nitrogens with zero attached hydrogens (tertiary/aromatic N) is 1. The van der Waals surface area contributed by atoms with Crippen molar-refractivity contribution in [1.82, 2.24) is 4.90 Å². The second-order valence-corrected chi connectivity index (χ2v) is 1.44. The van der Waals surface area contributed by atoms with Crippen molar-refractivity contribution in [3.63, 3.8) is 0 Å². The Kier molecular flexibility index (Phi) is 3.03. The maximum atomic E-state index is 8.42. The first-order valence-electron chi connectivity index (χ1n) is 2.27. The van der Waals surface area contributed by atoms with E-state index in [2.05, 4.69) is 11.3 Å². The van der Waals surface area contributed by atoms with Crippen LogP contribution in [0.15, 0.2) is 12.5 Å². The van der Waals surface area contributed by atoms with Gasteiger partial charge >= 0.3 is 0 Å². The van der Waals surface area contributed by atoms with Gasteiger partial charge in [0.2, 0.25) is 0 Å². The quantitative estimate of drug-likeness (QED) is 0.416. The van der Waals surface area contributed by atoms with Crippen LogP contribution in [0.3, 0.4) is 0 Å². The van der Waals surface area contributed by atoms with Crippen LogP contribution < -0.4 is 0 Å². The van der Waals surface area contributed by atoms with Crippen LogP contribution in [0.5, 0.6) is 0 Å². The van der Waals surface area contributed by atoms with E-state index in [-0.39, 0.29) is 6.73 Å². The Labute approximate surface area is 49.2 Å². The fraction of sp³-hybridized carbons (Fsp3) is 0.600. The van der Waals surface area contributed by atoms with Crippen molar-refractivity contribution < 1.29 is 9.84 Å². The first-order chi connectivity index (χ1) is 3.72. The van der Waals surface area contributed by atoms with E-state index < -0.39 is 0 Å². The maximum absolute atomic E-state index is 8.42. The average Bonchev–Trinajstić information content (AvgIpc) is 1.84. The Balaban J connectivity index is 3.46. The van der Waals surface area contributed by atoms with E-state index in [9.17, 15) is 0 Å². The van der Waals surface area contributed by atoms with Gasteiger partial charge in [-0.15, -0.1) is 0 Å². The fourth-order valence-corrected chi connectivity index (χ4v) is 0.235. The molecule has 48 valence electrons. The first kappa shape index (κ1) is 7.30. The van der Waals surface area contributed by atoms with Gasteiger partial charge in [0, 0.05) is 7.05 Å². The van der Waals surface area contributed by atoms with Gasteiger partial charge < -0.3 is 14.7 Å². The van der Waals surface area contributed by atoms with Gasteiger partial charge in [0.15, 0.2) is 5.88 Å². The highest BCUT2D eigenvalue weighted by Gasteiger charge is 1.94. The lowest BCUT2D eigenvalue weighted by Crippen LogP contribution is -2.18. The molecule has 0 atom stereocenters. The van der Waals surface area contributed by atoms with Gasteiger partial charge in [0.25, 0.3) is 0 Å². The van der Waals surface area contributed by atoms with Gasteiger partial charge in [0.1, 0.15) is 6.73 Å². The Morgan fingerprint density at radius 2 is 2.38 bits per heavy atom. The topological polar surface area (TPSA) is 32.7 Å². The molecule has 0 unspecified atom stereocenters. The Hall–Kier alpha value is -0.700. The van der Waals surface area contributed by atoms with Gasteiger partial charge in [-0.3, -0.25) is 0 Å². The Morgan fingerprint density at radius 1 is 1.88 bits per heavy atom. The lowest BCUT2D eigenvalue weighted by Gasteiger charge is -2.15. The third kappa shape index (κ3) is 1.84. The molecule has 0 bridgehead atoms. The minimum atomic E-state index is -0.0628. The van der Waals surface area contributed by atoms with E-state index in [1.54, 1.807) is 7.05 Å². The Bertz CT molecular complexity index is 82.5. The number of methoxy groups -OCH3 is 1. The van der Waals surface area contributed by atoms with Gasteiger partial charge in [-0.25, -0.2) is 0 Å². The Morgan fingerprint density at radius 3 is 2.50 bits per heavy atom. The molecule has 8 heavy (non-hydrogen) atoms. The van der Waals surface area contributed by atoms with Crippen molar-refractivity contribution in [2.24, 2.45) is 0 Å². The summed E-state index contributed by atoms with van der Waals surface area (Å²) in [5, 5.41) is 8.42. The molecule has 0 aliphatic heterocycles. The van der Waals surface area contributed by atoms with Crippen molar-refractivity contribution in [3.05, 3.63) is 12.5 Å². The maximum Gasteiger partial charge on any atom is 0.183 e. The van der Waals surface area contributed by atoms with Crippen LogP contribution in [-0.4, -0.2) is 30.9 Å². The average molecular weight is 117 g/mol. The van der Waals surface area contributed by atoms with E-state index >= 15 is 0 Å². The van der Waals surface area contributed by atoms with Gasteiger partial charge in [0.05, 0.1) is 7.11 Å². The predicted octanol–water partition coefficient (Wildman–Crippen LogP) is -0.0144. The zero-order valence-corrected chi connectivity index (χ0v) is 5.22. The monoisotopic (exact) mass is 117 g/mol. The second-order valence-electron chi connectivity index (χ2n) is 1.44. The summed E-state index contributed by atoms with van der Waals surface area (Å²) in [4.78, 5) is 1.49. The molecular formula is C5H11NO2. The number of hydrogen-bond donors (Lipinski definition) is 1. The summed E-state index contributed by atoms with van der Waals surface area (Å²) in [6, 6.07) is 0. The van der Waals surface area contributed by atoms with Crippen molar-refractivity contribution in [2.45, 2.75) is 0 Å². The SMILES string of the molecule is C=C(OC)N(C)CO. The largest absolute Gasteiger partial charge is 0.483 e. The van der Waals surface area contributed by atoms with Crippen LogP contribution in [0.25, 0.3) is 0 Å². The molecule has 0 saturated heterocycles. The zero-order chi connectivity index (χ0) is 6.57. The molecule has 3 heteroatoms. The molecule has 1 N–H and O–H groups in total. The van der Waals surface area contributed by atoms with Crippen LogP contribution in [-0.2, 0) is 4.74 Å². The summed E-state index contributed by atoms with van der Waals surface area (Å²) in [6.45, 7) is 3.42. The summed E-state index contributed by atoms with van der Waals surface area (Å²) in [5.41, 5.74) is 0. The molecule has 3 nitrogen and oxygen atoms in total. The van der Waals surface area contributed by atoms with Gasteiger partial charge in [-0.2, -0.15) is 0 Å².